The molecule has 1 aromatic carbocycles. The van der Waals surface area contributed by atoms with E-state index in [1.807, 2.05) is 39.0 Å². The van der Waals surface area contributed by atoms with Gasteiger partial charge in [-0.1, -0.05) is 31.9 Å². The fraction of sp³-hybridized carbons (Fsp3) is 0.524. The molecule has 8 nitrogen and oxygen atoms in total. The quantitative estimate of drug-likeness (QED) is 0.582. The zero-order chi connectivity index (χ0) is 21.2. The molecule has 2 atom stereocenters. The van der Waals surface area contributed by atoms with Gasteiger partial charge < -0.3 is 15.4 Å². The summed E-state index contributed by atoms with van der Waals surface area (Å²) in [6, 6.07) is 5.06. The molecule has 1 aliphatic carbocycles. The molecular weight excluding hydrogens is 374 g/mol. The first-order valence-electron chi connectivity index (χ1n) is 9.90. The van der Waals surface area contributed by atoms with Crippen molar-refractivity contribution in [1.29, 1.82) is 0 Å². The molecule has 1 spiro atoms. The average Bonchev–Trinajstić information content (AvgIpc) is 2.90. The van der Waals surface area contributed by atoms with E-state index in [4.69, 9.17) is 4.74 Å². The van der Waals surface area contributed by atoms with Crippen LogP contribution in [0, 0.1) is 19.8 Å². The van der Waals surface area contributed by atoms with Crippen LogP contribution in [0.1, 0.15) is 43.7 Å². The molecule has 0 radical (unpaired) electrons. The summed E-state index contributed by atoms with van der Waals surface area (Å²) in [4.78, 5) is 50.3. The topological polar surface area (TPSA) is 105 Å². The highest BCUT2D eigenvalue weighted by Crippen LogP contribution is 2.38. The minimum absolute atomic E-state index is 0.0112. The number of ether oxygens (including phenoxy) is 1. The van der Waals surface area contributed by atoms with Crippen molar-refractivity contribution in [3.8, 4) is 0 Å². The van der Waals surface area contributed by atoms with Gasteiger partial charge in [0.05, 0.1) is 0 Å². The molecule has 1 saturated heterocycles. The lowest BCUT2D eigenvalue weighted by atomic mass is 9.73. The standard InChI is InChI=1S/C21H27N3O5/c1-13-7-8-14(2)16(10-13)22-17(25)12-29-18(26)11-24-19(27)21(23-20(24)28)9-5-4-6-15(21)3/h7-8,10,15H,4-6,9,11-12H2,1-3H3,(H,22,25)(H,23,28)/t15-,21+/m0/s1. The summed E-state index contributed by atoms with van der Waals surface area (Å²) in [5.74, 6) is -1.66. The number of nitrogens with zero attached hydrogens (tertiary/aromatic N) is 1. The summed E-state index contributed by atoms with van der Waals surface area (Å²) in [6.45, 7) is 4.72. The molecule has 1 aliphatic heterocycles. The summed E-state index contributed by atoms with van der Waals surface area (Å²) in [5.41, 5.74) is 1.61. The van der Waals surface area contributed by atoms with Crippen molar-refractivity contribution in [3.63, 3.8) is 0 Å². The van der Waals surface area contributed by atoms with Crippen LogP contribution in [0.5, 0.6) is 0 Å². The number of anilines is 1. The second kappa shape index (κ2) is 8.23. The molecule has 1 heterocycles. The Morgan fingerprint density at radius 2 is 2.03 bits per heavy atom. The van der Waals surface area contributed by atoms with Gasteiger partial charge in [-0.25, -0.2) is 4.79 Å². The molecule has 0 bridgehead atoms. The van der Waals surface area contributed by atoms with E-state index in [2.05, 4.69) is 10.6 Å². The molecular formula is C21H27N3O5. The monoisotopic (exact) mass is 401 g/mol. The SMILES string of the molecule is Cc1ccc(C)c(NC(=O)COC(=O)CN2C(=O)N[C@@]3(CCCC[C@@H]3C)C2=O)c1. The van der Waals surface area contributed by atoms with E-state index in [1.165, 1.54) is 0 Å². The molecule has 0 aromatic heterocycles. The maximum atomic E-state index is 12.8. The molecule has 8 heteroatoms. The first-order chi connectivity index (χ1) is 13.7. The van der Waals surface area contributed by atoms with Crippen molar-refractivity contribution in [2.45, 2.75) is 52.0 Å². The summed E-state index contributed by atoms with van der Waals surface area (Å²) in [7, 11) is 0. The maximum absolute atomic E-state index is 12.8. The first-order valence-corrected chi connectivity index (χ1v) is 9.90. The number of benzene rings is 1. The minimum Gasteiger partial charge on any atom is -0.454 e. The Labute approximate surface area is 170 Å². The lowest BCUT2D eigenvalue weighted by molar-refractivity contribution is -0.150. The minimum atomic E-state index is -0.921. The van der Waals surface area contributed by atoms with E-state index < -0.39 is 36.6 Å². The van der Waals surface area contributed by atoms with Gasteiger partial charge in [0, 0.05) is 5.69 Å². The Bertz CT molecular complexity index is 853. The van der Waals surface area contributed by atoms with Gasteiger partial charge in [0.25, 0.3) is 11.8 Å². The van der Waals surface area contributed by atoms with Crippen molar-refractivity contribution in [2.24, 2.45) is 5.92 Å². The highest BCUT2D eigenvalue weighted by atomic mass is 16.5. The van der Waals surface area contributed by atoms with E-state index in [1.54, 1.807) is 0 Å². The van der Waals surface area contributed by atoms with Crippen LogP contribution in [0.4, 0.5) is 10.5 Å². The lowest BCUT2D eigenvalue weighted by Gasteiger charge is -2.36. The van der Waals surface area contributed by atoms with E-state index in [-0.39, 0.29) is 11.8 Å². The first kappa shape index (κ1) is 20.8. The normalized spacial score (nSPS) is 23.8. The number of carbonyl (C=O) groups is 4. The summed E-state index contributed by atoms with van der Waals surface area (Å²) in [5, 5.41) is 5.48. The van der Waals surface area contributed by atoms with Crippen LogP contribution in [0.3, 0.4) is 0 Å². The fourth-order valence-electron chi connectivity index (χ4n) is 4.02. The Balaban J connectivity index is 1.54. The third kappa shape index (κ3) is 4.26. The number of nitrogens with one attached hydrogen (secondary N) is 2. The van der Waals surface area contributed by atoms with Crippen LogP contribution >= 0.6 is 0 Å². The van der Waals surface area contributed by atoms with Gasteiger partial charge in [-0.2, -0.15) is 0 Å². The highest BCUT2D eigenvalue weighted by Gasteiger charge is 2.55. The number of urea groups is 1. The number of amides is 4. The molecule has 3 rings (SSSR count). The van der Waals surface area contributed by atoms with Crippen LogP contribution in [0.25, 0.3) is 0 Å². The smallest absolute Gasteiger partial charge is 0.326 e. The Morgan fingerprint density at radius 3 is 2.76 bits per heavy atom. The molecule has 29 heavy (non-hydrogen) atoms. The zero-order valence-corrected chi connectivity index (χ0v) is 17.0. The number of aryl methyl sites for hydroxylation is 2. The van der Waals surface area contributed by atoms with Crippen LogP contribution in [0.2, 0.25) is 0 Å². The van der Waals surface area contributed by atoms with Gasteiger partial charge >= 0.3 is 12.0 Å². The number of rotatable bonds is 5. The predicted octanol–water partition coefficient (Wildman–Crippen LogP) is 2.29. The Hall–Kier alpha value is -2.90. The zero-order valence-electron chi connectivity index (χ0n) is 17.0. The van der Waals surface area contributed by atoms with Crippen LogP contribution in [0.15, 0.2) is 18.2 Å². The van der Waals surface area contributed by atoms with Crippen LogP contribution < -0.4 is 10.6 Å². The third-order valence-corrected chi connectivity index (χ3v) is 5.82. The molecule has 2 N–H and O–H groups in total. The van der Waals surface area contributed by atoms with E-state index >= 15 is 0 Å². The molecule has 0 unspecified atom stereocenters. The van der Waals surface area contributed by atoms with Crippen molar-refractivity contribution < 1.29 is 23.9 Å². The molecule has 156 valence electrons. The Morgan fingerprint density at radius 1 is 1.28 bits per heavy atom. The van der Waals surface area contributed by atoms with Gasteiger partial charge in [0.1, 0.15) is 12.1 Å². The largest absolute Gasteiger partial charge is 0.454 e. The number of carbonyl (C=O) groups excluding carboxylic acids is 4. The highest BCUT2D eigenvalue weighted by molar-refractivity contribution is 6.09. The molecule has 2 aliphatic rings. The van der Waals surface area contributed by atoms with Gasteiger partial charge in [-0.3, -0.25) is 19.3 Å². The van der Waals surface area contributed by atoms with Gasteiger partial charge in [0.15, 0.2) is 6.61 Å². The summed E-state index contributed by atoms with van der Waals surface area (Å²) >= 11 is 0. The number of esters is 1. The Kier molecular flexibility index (Phi) is 5.91. The van der Waals surface area contributed by atoms with Crippen LogP contribution in [-0.2, 0) is 19.1 Å². The molecule has 2 fully saturated rings. The fourth-order valence-corrected chi connectivity index (χ4v) is 4.02. The second-order valence-corrected chi connectivity index (χ2v) is 7.97. The van der Waals surface area contributed by atoms with Crippen molar-refractivity contribution in [2.75, 3.05) is 18.5 Å². The number of imide groups is 1. The summed E-state index contributed by atoms with van der Waals surface area (Å²) in [6.07, 6.45) is 3.29. The van der Waals surface area contributed by atoms with Crippen molar-refractivity contribution in [3.05, 3.63) is 29.3 Å². The van der Waals surface area contributed by atoms with E-state index in [0.29, 0.717) is 12.1 Å². The van der Waals surface area contributed by atoms with Gasteiger partial charge in [-0.05, 0) is 49.8 Å². The van der Waals surface area contributed by atoms with Gasteiger partial charge in [0.2, 0.25) is 0 Å². The molecule has 1 aromatic rings. The predicted molar refractivity (Wildman–Crippen MR) is 106 cm³/mol. The van der Waals surface area contributed by atoms with E-state index in [0.717, 1.165) is 35.3 Å². The molecule has 4 amide bonds. The van der Waals surface area contributed by atoms with Crippen molar-refractivity contribution in [1.82, 2.24) is 10.2 Å². The lowest BCUT2D eigenvalue weighted by Crippen LogP contribution is -2.54. The average molecular weight is 401 g/mol. The van der Waals surface area contributed by atoms with Crippen LogP contribution in [-0.4, -0.2) is 47.4 Å². The van der Waals surface area contributed by atoms with Crippen molar-refractivity contribution >= 4 is 29.5 Å². The molecule has 1 saturated carbocycles. The third-order valence-electron chi connectivity index (χ3n) is 5.82. The summed E-state index contributed by atoms with van der Waals surface area (Å²) < 4.78 is 4.98. The number of hydrogen-bond donors (Lipinski definition) is 2. The number of hydrogen-bond acceptors (Lipinski definition) is 5. The van der Waals surface area contributed by atoms with E-state index in [9.17, 15) is 19.2 Å². The second-order valence-electron chi connectivity index (χ2n) is 7.97. The van der Waals surface area contributed by atoms with Gasteiger partial charge in [-0.15, -0.1) is 0 Å². The maximum Gasteiger partial charge on any atom is 0.326 e.